The van der Waals surface area contributed by atoms with Crippen molar-refractivity contribution in [1.29, 1.82) is 0 Å². The Balaban J connectivity index is 1.65. The van der Waals surface area contributed by atoms with Crippen LogP contribution in [0.3, 0.4) is 0 Å². The van der Waals surface area contributed by atoms with Gasteiger partial charge in [-0.1, -0.05) is 0 Å². The molecule has 4 rings (SSSR count). The average Bonchev–Trinajstić information content (AvgIpc) is 3.36. The van der Waals surface area contributed by atoms with Crippen molar-refractivity contribution in [3.05, 3.63) is 34.3 Å². The summed E-state index contributed by atoms with van der Waals surface area (Å²) >= 11 is 1.48. The second-order valence-corrected chi connectivity index (χ2v) is 8.72. The molecule has 6 nitrogen and oxygen atoms in total. The number of ether oxygens (including phenoxy) is 2. The van der Waals surface area contributed by atoms with Crippen LogP contribution in [0.1, 0.15) is 46.3 Å². The molecule has 1 aromatic heterocycles. The van der Waals surface area contributed by atoms with E-state index >= 15 is 0 Å². The fourth-order valence-electron chi connectivity index (χ4n) is 3.66. The van der Waals surface area contributed by atoms with Gasteiger partial charge in [-0.05, 0) is 43.9 Å². The smallest absolute Gasteiger partial charge is 0.338 e. The van der Waals surface area contributed by atoms with Crippen molar-refractivity contribution in [2.75, 3.05) is 38.8 Å². The van der Waals surface area contributed by atoms with Crippen LogP contribution in [0, 0.1) is 5.92 Å². The van der Waals surface area contributed by atoms with Crippen LogP contribution in [0.15, 0.2) is 18.2 Å². The number of esters is 1. The summed E-state index contributed by atoms with van der Waals surface area (Å²) in [6, 6.07) is 5.77. The summed E-state index contributed by atoms with van der Waals surface area (Å²) in [5.74, 6) is -0.0638. The van der Waals surface area contributed by atoms with Crippen molar-refractivity contribution in [3.63, 3.8) is 0 Å². The quantitative estimate of drug-likeness (QED) is 0.773. The Morgan fingerprint density at radius 3 is 2.96 bits per heavy atom. The molecule has 1 aliphatic heterocycles. The van der Waals surface area contributed by atoms with Gasteiger partial charge in [0.05, 0.1) is 35.5 Å². The monoisotopic (exact) mass is 402 g/mol. The molecule has 1 saturated heterocycles. The maximum Gasteiger partial charge on any atom is 0.338 e. The summed E-state index contributed by atoms with van der Waals surface area (Å²) in [6.45, 7) is 1.75. The van der Waals surface area contributed by atoms with E-state index < -0.39 is 6.10 Å². The van der Waals surface area contributed by atoms with Crippen LogP contribution in [0.4, 0.5) is 5.69 Å². The summed E-state index contributed by atoms with van der Waals surface area (Å²) in [4.78, 5) is 20.6. The van der Waals surface area contributed by atoms with E-state index in [0.29, 0.717) is 18.8 Å². The number of anilines is 1. The molecule has 0 spiro atoms. The number of aliphatic hydroxyl groups excluding tert-OH is 1. The Morgan fingerprint density at radius 2 is 2.25 bits per heavy atom. The Hall–Kier alpha value is -1.96. The predicted molar refractivity (Wildman–Crippen MR) is 109 cm³/mol. The van der Waals surface area contributed by atoms with E-state index in [1.165, 1.54) is 11.3 Å². The summed E-state index contributed by atoms with van der Waals surface area (Å²) in [5.41, 5.74) is 3.18. The SMILES string of the molecule is CN(C)c1ccc(-c2nc3c(s2)C(O)CCC3)c(C(=O)OCC2CCOC2)c1. The van der Waals surface area contributed by atoms with Gasteiger partial charge in [0, 0.05) is 37.9 Å². The number of rotatable bonds is 5. The zero-order chi connectivity index (χ0) is 19.7. The van der Waals surface area contributed by atoms with Crippen LogP contribution in [0.5, 0.6) is 0 Å². The zero-order valence-corrected chi connectivity index (χ0v) is 17.1. The number of fused-ring (bicyclic) bond motifs is 1. The van der Waals surface area contributed by atoms with E-state index in [2.05, 4.69) is 0 Å². The first kappa shape index (κ1) is 19.4. The third kappa shape index (κ3) is 3.92. The molecule has 1 aromatic carbocycles. The number of nitrogens with zero attached hydrogens (tertiary/aromatic N) is 2. The maximum absolute atomic E-state index is 12.9. The number of carbonyl (C=O) groups excluding carboxylic acids is 1. The van der Waals surface area contributed by atoms with Crippen molar-refractivity contribution in [1.82, 2.24) is 4.98 Å². The minimum atomic E-state index is -0.450. The molecule has 150 valence electrons. The van der Waals surface area contributed by atoms with E-state index in [1.54, 1.807) is 0 Å². The number of hydrogen-bond donors (Lipinski definition) is 1. The Morgan fingerprint density at radius 1 is 1.39 bits per heavy atom. The Labute approximate surface area is 169 Å². The summed E-state index contributed by atoms with van der Waals surface area (Å²) in [7, 11) is 3.89. The number of aliphatic hydroxyl groups is 1. The molecule has 28 heavy (non-hydrogen) atoms. The lowest BCUT2D eigenvalue weighted by Gasteiger charge is -2.16. The second kappa shape index (κ2) is 8.19. The highest BCUT2D eigenvalue weighted by Crippen LogP contribution is 2.39. The lowest BCUT2D eigenvalue weighted by Crippen LogP contribution is -2.16. The van der Waals surface area contributed by atoms with Crippen LogP contribution < -0.4 is 4.90 Å². The minimum Gasteiger partial charge on any atom is -0.462 e. The van der Waals surface area contributed by atoms with E-state index in [9.17, 15) is 9.90 Å². The van der Waals surface area contributed by atoms with Crippen LogP contribution >= 0.6 is 11.3 Å². The largest absolute Gasteiger partial charge is 0.462 e. The number of thiazole rings is 1. The number of hydrogen-bond acceptors (Lipinski definition) is 7. The van der Waals surface area contributed by atoms with Crippen molar-refractivity contribution >= 4 is 23.0 Å². The van der Waals surface area contributed by atoms with Crippen molar-refractivity contribution in [2.24, 2.45) is 5.92 Å². The maximum atomic E-state index is 12.9. The van der Waals surface area contributed by atoms with Gasteiger partial charge in [-0.15, -0.1) is 11.3 Å². The lowest BCUT2D eigenvalue weighted by atomic mass is 10.0. The van der Waals surface area contributed by atoms with Gasteiger partial charge in [0.15, 0.2) is 0 Å². The van der Waals surface area contributed by atoms with E-state index in [1.807, 2.05) is 37.2 Å². The third-order valence-electron chi connectivity index (χ3n) is 5.37. The average molecular weight is 403 g/mol. The van der Waals surface area contributed by atoms with Gasteiger partial charge >= 0.3 is 5.97 Å². The fourth-order valence-corrected chi connectivity index (χ4v) is 4.84. The summed E-state index contributed by atoms with van der Waals surface area (Å²) in [5, 5.41) is 11.1. The number of aromatic nitrogens is 1. The van der Waals surface area contributed by atoms with Gasteiger partial charge < -0.3 is 19.5 Å². The number of carbonyl (C=O) groups is 1. The molecule has 1 aliphatic carbocycles. The molecule has 2 heterocycles. The van der Waals surface area contributed by atoms with E-state index in [0.717, 1.165) is 59.1 Å². The number of benzene rings is 1. The van der Waals surface area contributed by atoms with Gasteiger partial charge in [0.1, 0.15) is 5.01 Å². The highest BCUT2D eigenvalue weighted by atomic mass is 32.1. The highest BCUT2D eigenvalue weighted by molar-refractivity contribution is 7.15. The minimum absolute atomic E-state index is 0.270. The molecule has 7 heteroatoms. The van der Waals surface area contributed by atoms with Gasteiger partial charge in [0.25, 0.3) is 0 Å². The first-order valence-electron chi connectivity index (χ1n) is 9.77. The van der Waals surface area contributed by atoms with Crippen molar-refractivity contribution in [2.45, 2.75) is 31.8 Å². The topological polar surface area (TPSA) is 71.9 Å². The van der Waals surface area contributed by atoms with Gasteiger partial charge in [-0.25, -0.2) is 9.78 Å². The molecule has 1 N–H and O–H groups in total. The molecular formula is C21H26N2O4S. The van der Waals surface area contributed by atoms with Crippen molar-refractivity contribution in [3.8, 4) is 10.6 Å². The van der Waals surface area contributed by atoms with E-state index in [-0.39, 0.29) is 11.9 Å². The standard InChI is InChI=1S/C21H26N2O4S/c1-23(2)14-6-7-15(20-22-17-4-3-5-18(24)19(17)28-20)16(10-14)21(25)27-12-13-8-9-26-11-13/h6-7,10,13,18,24H,3-5,8-9,11-12H2,1-2H3. The fraction of sp³-hybridized carbons (Fsp3) is 0.524. The van der Waals surface area contributed by atoms with Gasteiger partial charge in [-0.2, -0.15) is 0 Å². The normalized spacial score (nSPS) is 21.4. The molecule has 0 amide bonds. The molecule has 2 atom stereocenters. The summed E-state index contributed by atoms with van der Waals surface area (Å²) < 4.78 is 11.0. The molecule has 1 fully saturated rings. The third-order valence-corrected chi connectivity index (χ3v) is 6.60. The van der Waals surface area contributed by atoms with Crippen molar-refractivity contribution < 1.29 is 19.4 Å². The summed E-state index contributed by atoms with van der Waals surface area (Å²) in [6.07, 6.45) is 3.06. The zero-order valence-electron chi connectivity index (χ0n) is 16.3. The first-order valence-corrected chi connectivity index (χ1v) is 10.6. The van der Waals surface area contributed by atoms with E-state index in [4.69, 9.17) is 14.5 Å². The molecular weight excluding hydrogens is 376 g/mol. The van der Waals surface area contributed by atoms with Crippen LogP contribution in [0.25, 0.3) is 10.6 Å². The molecule has 0 radical (unpaired) electrons. The van der Waals surface area contributed by atoms with Crippen LogP contribution in [0.2, 0.25) is 0 Å². The van der Waals surface area contributed by atoms with Crippen LogP contribution in [-0.4, -0.2) is 50.0 Å². The first-order chi connectivity index (χ1) is 13.5. The van der Waals surface area contributed by atoms with Gasteiger partial charge in [0.2, 0.25) is 0 Å². The lowest BCUT2D eigenvalue weighted by molar-refractivity contribution is 0.0429. The molecule has 2 unspecified atom stereocenters. The van der Waals surface area contributed by atoms with Crippen LogP contribution in [-0.2, 0) is 15.9 Å². The molecule has 0 bridgehead atoms. The molecule has 2 aromatic rings. The Kier molecular flexibility index (Phi) is 5.66. The molecule has 2 aliphatic rings. The second-order valence-electron chi connectivity index (χ2n) is 7.69. The Bertz CT molecular complexity index is 858. The highest BCUT2D eigenvalue weighted by Gasteiger charge is 2.26. The molecule has 0 saturated carbocycles. The van der Waals surface area contributed by atoms with Gasteiger partial charge in [-0.3, -0.25) is 0 Å². The number of aryl methyl sites for hydroxylation is 1. The predicted octanol–water partition coefficient (Wildman–Crippen LogP) is 3.44.